The van der Waals surface area contributed by atoms with E-state index in [-0.39, 0.29) is 17.3 Å². The third-order valence-corrected chi connectivity index (χ3v) is 7.07. The molecule has 0 N–H and O–H groups in total. The number of hydrogen-bond donors (Lipinski definition) is 0. The molecule has 0 spiro atoms. The number of nitrogens with zero attached hydrogens (tertiary/aromatic N) is 2. The molecule has 1 unspecified atom stereocenters. The first-order chi connectivity index (χ1) is 12.3. The minimum absolute atomic E-state index is 0.137. The lowest BCUT2D eigenvalue weighted by Gasteiger charge is -2.19. The van der Waals surface area contributed by atoms with Gasteiger partial charge in [-0.2, -0.15) is 0 Å². The largest absolute Gasteiger partial charge is 0.378 e. The lowest BCUT2D eigenvalue weighted by atomic mass is 10.1. The highest BCUT2D eigenvalue weighted by atomic mass is 35.5. The van der Waals surface area contributed by atoms with Crippen molar-refractivity contribution in [1.29, 1.82) is 0 Å². The van der Waals surface area contributed by atoms with Gasteiger partial charge in [-0.25, -0.2) is 8.42 Å². The Hall–Kier alpha value is -2.05. The van der Waals surface area contributed by atoms with Gasteiger partial charge in [-0.05, 0) is 48.9 Å². The average Bonchev–Trinajstić information content (AvgIpc) is 3.12. The monoisotopic (exact) mass is 392 g/mol. The van der Waals surface area contributed by atoms with Crippen LogP contribution in [-0.4, -0.2) is 51.7 Å². The summed E-state index contributed by atoms with van der Waals surface area (Å²) >= 11 is 5.84. The van der Waals surface area contributed by atoms with E-state index < -0.39 is 15.1 Å². The lowest BCUT2D eigenvalue weighted by molar-refractivity contribution is 0.0793. The fraction of sp³-hybridized carbons (Fsp3) is 0.316. The number of sulfone groups is 1. The van der Waals surface area contributed by atoms with Crippen LogP contribution >= 0.6 is 11.6 Å². The number of rotatable bonds is 4. The summed E-state index contributed by atoms with van der Waals surface area (Å²) in [6, 6.07) is 13.5. The van der Waals surface area contributed by atoms with E-state index >= 15 is 0 Å². The zero-order valence-electron chi connectivity index (χ0n) is 14.7. The Morgan fingerprint density at radius 2 is 1.85 bits per heavy atom. The number of anilines is 1. The van der Waals surface area contributed by atoms with E-state index in [1.54, 1.807) is 23.1 Å². The molecule has 1 saturated heterocycles. The maximum absolute atomic E-state index is 12.8. The zero-order valence-corrected chi connectivity index (χ0v) is 16.3. The Morgan fingerprint density at radius 1 is 1.15 bits per heavy atom. The van der Waals surface area contributed by atoms with E-state index in [1.807, 2.05) is 37.2 Å². The van der Waals surface area contributed by atoms with Crippen molar-refractivity contribution >= 4 is 33.0 Å². The molecule has 0 aromatic heterocycles. The third kappa shape index (κ3) is 3.71. The van der Waals surface area contributed by atoms with Crippen LogP contribution in [0.5, 0.6) is 0 Å². The Kier molecular flexibility index (Phi) is 5.25. The second-order valence-electron chi connectivity index (χ2n) is 6.61. The van der Waals surface area contributed by atoms with Crippen molar-refractivity contribution in [2.24, 2.45) is 0 Å². The second-order valence-corrected chi connectivity index (χ2v) is 9.27. The molecule has 2 aromatic carbocycles. The van der Waals surface area contributed by atoms with Crippen LogP contribution in [0, 0.1) is 0 Å². The van der Waals surface area contributed by atoms with Crippen LogP contribution in [-0.2, 0) is 9.84 Å². The van der Waals surface area contributed by atoms with Crippen LogP contribution in [0.3, 0.4) is 0 Å². The summed E-state index contributed by atoms with van der Waals surface area (Å²) in [5.74, 6) is -0.137. The Labute approximate surface area is 159 Å². The summed E-state index contributed by atoms with van der Waals surface area (Å²) in [7, 11) is 0.335. The van der Waals surface area contributed by atoms with Gasteiger partial charge >= 0.3 is 0 Å². The van der Waals surface area contributed by atoms with Crippen molar-refractivity contribution in [2.75, 3.05) is 32.1 Å². The summed E-state index contributed by atoms with van der Waals surface area (Å²) in [5.41, 5.74) is 1.50. The van der Waals surface area contributed by atoms with Gasteiger partial charge in [0.25, 0.3) is 5.91 Å². The maximum Gasteiger partial charge on any atom is 0.253 e. The SMILES string of the molecule is CN(C)c1cccc(C(=O)N2CCC(S(=O)(=O)c3ccc(Cl)cc3)C2)c1. The van der Waals surface area contributed by atoms with Crippen molar-refractivity contribution in [3.63, 3.8) is 0 Å². The van der Waals surface area contributed by atoms with E-state index in [4.69, 9.17) is 11.6 Å². The molecule has 1 heterocycles. The molecule has 1 fully saturated rings. The summed E-state index contributed by atoms with van der Waals surface area (Å²) in [6.45, 7) is 0.637. The van der Waals surface area contributed by atoms with Gasteiger partial charge in [-0.3, -0.25) is 4.79 Å². The molecule has 1 aliphatic heterocycles. The molecule has 26 heavy (non-hydrogen) atoms. The Morgan fingerprint density at radius 3 is 2.50 bits per heavy atom. The van der Waals surface area contributed by atoms with E-state index in [2.05, 4.69) is 0 Å². The molecule has 0 bridgehead atoms. The number of benzene rings is 2. The van der Waals surface area contributed by atoms with Crippen LogP contribution in [0.25, 0.3) is 0 Å². The van der Waals surface area contributed by atoms with Gasteiger partial charge in [0.05, 0.1) is 10.1 Å². The molecule has 1 atom stereocenters. The van der Waals surface area contributed by atoms with Gasteiger partial charge in [0.2, 0.25) is 0 Å². The standard InChI is InChI=1S/C19H21ClN2O3S/c1-21(2)16-5-3-4-14(12-16)19(23)22-11-10-18(13-22)26(24,25)17-8-6-15(20)7-9-17/h3-9,12,18H,10-11,13H2,1-2H3. The molecule has 0 radical (unpaired) electrons. The zero-order chi connectivity index (χ0) is 18.9. The number of likely N-dealkylation sites (tertiary alicyclic amines) is 1. The van der Waals surface area contributed by atoms with Crippen LogP contribution in [0.4, 0.5) is 5.69 Å². The normalized spacial score (nSPS) is 17.3. The molecule has 1 amide bonds. The van der Waals surface area contributed by atoms with Crippen molar-refractivity contribution in [3.05, 3.63) is 59.1 Å². The van der Waals surface area contributed by atoms with Crippen LogP contribution in [0.15, 0.2) is 53.4 Å². The highest BCUT2D eigenvalue weighted by Gasteiger charge is 2.36. The Balaban J connectivity index is 1.77. The lowest BCUT2D eigenvalue weighted by Crippen LogP contribution is -2.32. The third-order valence-electron chi connectivity index (χ3n) is 4.62. The quantitative estimate of drug-likeness (QED) is 0.802. The molecule has 2 aromatic rings. The molecular weight excluding hydrogens is 372 g/mol. The fourth-order valence-electron chi connectivity index (χ4n) is 3.08. The van der Waals surface area contributed by atoms with Gasteiger partial charge in [0, 0.05) is 43.5 Å². The molecule has 0 saturated carbocycles. The smallest absolute Gasteiger partial charge is 0.253 e. The molecule has 0 aliphatic carbocycles. The summed E-state index contributed by atoms with van der Waals surface area (Å²) in [5, 5.41) is -0.0994. The minimum atomic E-state index is -3.49. The van der Waals surface area contributed by atoms with Crippen LogP contribution < -0.4 is 4.90 Å². The molecule has 7 heteroatoms. The van der Waals surface area contributed by atoms with Gasteiger partial charge in [-0.1, -0.05) is 17.7 Å². The molecule has 138 valence electrons. The number of hydrogen-bond acceptors (Lipinski definition) is 4. The summed E-state index contributed by atoms with van der Waals surface area (Å²) in [4.78, 5) is 16.6. The highest BCUT2D eigenvalue weighted by molar-refractivity contribution is 7.92. The fourth-order valence-corrected chi connectivity index (χ4v) is 4.90. The molecule has 3 rings (SSSR count). The van der Waals surface area contributed by atoms with Crippen LogP contribution in [0.1, 0.15) is 16.8 Å². The van der Waals surface area contributed by atoms with Crippen molar-refractivity contribution in [1.82, 2.24) is 4.90 Å². The first-order valence-corrected chi connectivity index (χ1v) is 10.3. The first-order valence-electron chi connectivity index (χ1n) is 8.35. The minimum Gasteiger partial charge on any atom is -0.378 e. The van der Waals surface area contributed by atoms with Gasteiger partial charge in [0.15, 0.2) is 9.84 Å². The topological polar surface area (TPSA) is 57.7 Å². The van der Waals surface area contributed by atoms with Crippen molar-refractivity contribution in [3.8, 4) is 0 Å². The maximum atomic E-state index is 12.8. The predicted molar refractivity (Wildman–Crippen MR) is 104 cm³/mol. The van der Waals surface area contributed by atoms with E-state index in [0.717, 1.165) is 5.69 Å². The van der Waals surface area contributed by atoms with Gasteiger partial charge in [0.1, 0.15) is 0 Å². The number of carbonyl (C=O) groups excluding carboxylic acids is 1. The predicted octanol–water partition coefficient (Wildman–Crippen LogP) is 3.09. The molecule has 1 aliphatic rings. The van der Waals surface area contributed by atoms with E-state index in [9.17, 15) is 13.2 Å². The molecule has 5 nitrogen and oxygen atoms in total. The summed E-state index contributed by atoms with van der Waals surface area (Å²) < 4.78 is 25.6. The number of halogens is 1. The van der Waals surface area contributed by atoms with Gasteiger partial charge in [-0.15, -0.1) is 0 Å². The van der Waals surface area contributed by atoms with Gasteiger partial charge < -0.3 is 9.80 Å². The average molecular weight is 393 g/mol. The highest BCUT2D eigenvalue weighted by Crippen LogP contribution is 2.26. The number of amides is 1. The second kappa shape index (κ2) is 7.29. The van der Waals surface area contributed by atoms with Crippen LogP contribution in [0.2, 0.25) is 5.02 Å². The van der Waals surface area contributed by atoms with E-state index in [1.165, 1.54) is 12.1 Å². The van der Waals surface area contributed by atoms with E-state index in [0.29, 0.717) is 23.6 Å². The van der Waals surface area contributed by atoms with Crippen molar-refractivity contribution < 1.29 is 13.2 Å². The Bertz CT molecular complexity index is 911. The molecular formula is C19H21ClN2O3S. The first kappa shape index (κ1) is 18.7. The number of carbonyl (C=O) groups is 1. The van der Waals surface area contributed by atoms with Crippen molar-refractivity contribution in [2.45, 2.75) is 16.6 Å². The summed E-state index contributed by atoms with van der Waals surface area (Å²) in [6.07, 6.45) is 0.435.